The molecule has 4 aliphatic rings. The molecule has 2 spiro atoms. The lowest BCUT2D eigenvalue weighted by Gasteiger charge is -2.45. The number of rotatable bonds is 6. The third-order valence-corrected chi connectivity index (χ3v) is 18.1. The first-order valence-electron chi connectivity index (χ1n) is 27.9. The van der Waals surface area contributed by atoms with Gasteiger partial charge in [0.1, 0.15) is 0 Å². The molecule has 1 heterocycles. The molecule has 2 nitrogen and oxygen atoms in total. The molecule has 3 aliphatic carbocycles. The molecular formula is C78H50N2. The van der Waals surface area contributed by atoms with E-state index in [1.165, 1.54) is 117 Å². The highest BCUT2D eigenvalue weighted by molar-refractivity contribution is 6.04. The molecule has 0 saturated heterocycles. The monoisotopic (exact) mass is 1010 g/mol. The Morgan fingerprint density at radius 3 is 1.14 bits per heavy atom. The van der Waals surface area contributed by atoms with Gasteiger partial charge in [-0.3, -0.25) is 0 Å². The van der Waals surface area contributed by atoms with Crippen molar-refractivity contribution in [2.45, 2.75) is 10.8 Å². The van der Waals surface area contributed by atoms with E-state index in [0.717, 1.165) is 28.3 Å². The molecule has 0 fully saturated rings. The van der Waals surface area contributed by atoms with Gasteiger partial charge in [0.25, 0.3) is 0 Å². The number of anilines is 6. The molecule has 0 bridgehead atoms. The minimum atomic E-state index is -0.645. The van der Waals surface area contributed by atoms with Crippen molar-refractivity contribution in [1.82, 2.24) is 0 Å². The summed E-state index contributed by atoms with van der Waals surface area (Å²) in [6, 6.07) is 114. The fourth-order valence-corrected chi connectivity index (χ4v) is 15.0. The van der Waals surface area contributed by atoms with Gasteiger partial charge in [0, 0.05) is 22.6 Å². The van der Waals surface area contributed by atoms with Crippen LogP contribution in [0.3, 0.4) is 0 Å². The molecule has 13 aromatic rings. The van der Waals surface area contributed by atoms with Gasteiger partial charge in [-0.15, -0.1) is 0 Å². The summed E-state index contributed by atoms with van der Waals surface area (Å²) in [6.45, 7) is 0. The Kier molecular flexibility index (Phi) is 9.58. The summed E-state index contributed by atoms with van der Waals surface area (Å²) in [7, 11) is 0. The quantitative estimate of drug-likeness (QED) is 0.164. The van der Waals surface area contributed by atoms with Crippen LogP contribution < -0.4 is 9.80 Å². The summed E-state index contributed by atoms with van der Waals surface area (Å²) in [5.41, 5.74) is 28.4. The fraction of sp³-hybridized carbons (Fsp3) is 0.0256. The van der Waals surface area contributed by atoms with Gasteiger partial charge in [0.05, 0.1) is 27.9 Å². The Bertz CT molecular complexity index is 4580. The molecule has 0 amide bonds. The maximum atomic E-state index is 2.58. The summed E-state index contributed by atoms with van der Waals surface area (Å²) in [6.07, 6.45) is 0. The highest BCUT2D eigenvalue weighted by Gasteiger charge is 2.53. The molecule has 0 unspecified atom stereocenters. The van der Waals surface area contributed by atoms with Crippen LogP contribution in [0.2, 0.25) is 0 Å². The van der Waals surface area contributed by atoms with Crippen molar-refractivity contribution in [3.8, 4) is 55.6 Å². The van der Waals surface area contributed by atoms with Gasteiger partial charge >= 0.3 is 0 Å². The molecule has 2 heteroatoms. The predicted molar refractivity (Wildman–Crippen MR) is 331 cm³/mol. The van der Waals surface area contributed by atoms with E-state index in [2.05, 4.69) is 313 Å². The Morgan fingerprint density at radius 1 is 0.237 bits per heavy atom. The van der Waals surface area contributed by atoms with Crippen LogP contribution in [0.1, 0.15) is 44.5 Å². The highest BCUT2D eigenvalue weighted by Crippen LogP contribution is 2.66. The fourth-order valence-electron chi connectivity index (χ4n) is 15.0. The maximum Gasteiger partial charge on any atom is 0.0755 e. The summed E-state index contributed by atoms with van der Waals surface area (Å²) in [5, 5.41) is 2.46. The lowest BCUT2D eigenvalue weighted by Crippen LogP contribution is -2.36. The highest BCUT2D eigenvalue weighted by atomic mass is 15.2. The van der Waals surface area contributed by atoms with Crippen molar-refractivity contribution in [3.05, 3.63) is 348 Å². The molecule has 0 atom stereocenters. The van der Waals surface area contributed by atoms with Crippen molar-refractivity contribution < 1.29 is 0 Å². The predicted octanol–water partition coefficient (Wildman–Crippen LogP) is 20.1. The van der Waals surface area contributed by atoms with E-state index in [0.29, 0.717) is 0 Å². The van der Waals surface area contributed by atoms with Crippen LogP contribution in [0.5, 0.6) is 0 Å². The van der Waals surface area contributed by atoms with Gasteiger partial charge in [-0.1, -0.05) is 249 Å². The van der Waals surface area contributed by atoms with Gasteiger partial charge in [-0.2, -0.15) is 0 Å². The van der Waals surface area contributed by atoms with E-state index in [4.69, 9.17) is 0 Å². The zero-order valence-electron chi connectivity index (χ0n) is 43.8. The molecule has 1 aliphatic heterocycles. The van der Waals surface area contributed by atoms with Crippen LogP contribution in [-0.4, -0.2) is 0 Å². The van der Waals surface area contributed by atoms with Crippen LogP contribution >= 0.6 is 0 Å². The first kappa shape index (κ1) is 44.8. The third kappa shape index (κ3) is 5.97. The van der Waals surface area contributed by atoms with Crippen LogP contribution in [0, 0.1) is 0 Å². The maximum absolute atomic E-state index is 2.58. The Labute approximate surface area is 466 Å². The number of para-hydroxylation sites is 4. The molecule has 0 N–H and O–H groups in total. The van der Waals surface area contributed by atoms with E-state index in [-0.39, 0.29) is 0 Å². The topological polar surface area (TPSA) is 6.48 Å². The van der Waals surface area contributed by atoms with Crippen LogP contribution in [0.15, 0.2) is 303 Å². The standard InChI is InChI=1S/C78H50N2/c1-2-25-52(26-3-1)80-75-43-20-17-40-70(75)78(71-41-18-21-44-76(71)80)69-39-16-11-33-62(69)64-48-46-54(50-73(64)78)79(74-42-19-12-34-65(74)58-29-7-6-28-57(58)56-35-22-24-51-23-4-5-27-55(51)56)53-45-47-63-61-32-10-15-38-68(61)77(72(63)49-53)66-36-13-8-30-59(66)60-31-9-14-37-67(60)77/h1-50H. The van der Waals surface area contributed by atoms with Crippen LogP contribution in [0.25, 0.3) is 66.4 Å². The molecule has 13 aromatic carbocycles. The second-order valence-corrected chi connectivity index (χ2v) is 21.8. The largest absolute Gasteiger partial charge is 0.310 e. The van der Waals surface area contributed by atoms with Gasteiger partial charge < -0.3 is 9.80 Å². The van der Waals surface area contributed by atoms with E-state index < -0.39 is 10.8 Å². The molecule has 80 heavy (non-hydrogen) atoms. The zero-order chi connectivity index (χ0) is 52.5. The average Bonchev–Trinajstić information content (AvgIpc) is 4.30. The van der Waals surface area contributed by atoms with Gasteiger partial charge in [0.15, 0.2) is 0 Å². The van der Waals surface area contributed by atoms with Gasteiger partial charge in [-0.05, 0) is 160 Å². The number of fused-ring (bicyclic) bond motifs is 20. The number of nitrogens with zero attached hydrogens (tertiary/aromatic N) is 2. The smallest absolute Gasteiger partial charge is 0.0755 e. The Morgan fingerprint density at radius 2 is 0.600 bits per heavy atom. The second kappa shape index (κ2) is 17.1. The zero-order valence-corrected chi connectivity index (χ0v) is 43.8. The van der Waals surface area contributed by atoms with Crippen molar-refractivity contribution >= 4 is 44.9 Å². The average molecular weight is 1020 g/mol. The summed E-state index contributed by atoms with van der Waals surface area (Å²) < 4.78 is 0. The molecule has 372 valence electrons. The third-order valence-electron chi connectivity index (χ3n) is 18.1. The Balaban J connectivity index is 0.957. The van der Waals surface area contributed by atoms with Crippen molar-refractivity contribution in [2.24, 2.45) is 0 Å². The number of hydrogen-bond acceptors (Lipinski definition) is 2. The van der Waals surface area contributed by atoms with E-state index >= 15 is 0 Å². The first-order valence-corrected chi connectivity index (χ1v) is 27.9. The summed E-state index contributed by atoms with van der Waals surface area (Å²) in [5.74, 6) is 0. The molecule has 0 radical (unpaired) electrons. The minimum absolute atomic E-state index is 0.523. The number of hydrogen-bond donors (Lipinski definition) is 0. The number of benzene rings is 13. The van der Waals surface area contributed by atoms with Gasteiger partial charge in [-0.25, -0.2) is 0 Å². The van der Waals surface area contributed by atoms with Gasteiger partial charge in [0.2, 0.25) is 0 Å². The summed E-state index contributed by atoms with van der Waals surface area (Å²) in [4.78, 5) is 5.04. The first-order chi connectivity index (χ1) is 39.7. The lowest BCUT2D eigenvalue weighted by atomic mass is 9.64. The SMILES string of the molecule is c1ccc(N2c3ccccc3C3(c4ccccc4-c4ccc(N(c5ccc6c(c5)C5(c7ccccc7-c7ccccc75)c5ccccc5-6)c5ccccc5-c5ccccc5-c5cccc6ccccc56)cc43)c3ccccc32)cc1. The van der Waals surface area contributed by atoms with Crippen LogP contribution in [-0.2, 0) is 10.8 Å². The van der Waals surface area contributed by atoms with E-state index in [1.54, 1.807) is 0 Å². The van der Waals surface area contributed by atoms with Crippen molar-refractivity contribution in [1.29, 1.82) is 0 Å². The summed E-state index contributed by atoms with van der Waals surface area (Å²) >= 11 is 0. The molecule has 0 saturated carbocycles. The van der Waals surface area contributed by atoms with Crippen molar-refractivity contribution in [3.63, 3.8) is 0 Å². The van der Waals surface area contributed by atoms with Crippen molar-refractivity contribution in [2.75, 3.05) is 9.80 Å². The van der Waals surface area contributed by atoms with E-state index in [1.807, 2.05) is 0 Å². The molecule has 0 aromatic heterocycles. The van der Waals surface area contributed by atoms with E-state index in [9.17, 15) is 0 Å². The normalized spacial score (nSPS) is 13.9. The minimum Gasteiger partial charge on any atom is -0.310 e. The molecular weight excluding hydrogens is 965 g/mol. The lowest BCUT2D eigenvalue weighted by molar-refractivity contribution is 0.752. The molecule has 17 rings (SSSR count). The second-order valence-electron chi connectivity index (χ2n) is 21.8. The Hall–Kier alpha value is -10.3. The van der Waals surface area contributed by atoms with Crippen LogP contribution in [0.4, 0.5) is 34.1 Å².